The molecule has 1 heterocycles. The number of carbonyl (C=O) groups excluding carboxylic acids is 2. The maximum atomic E-state index is 12.7. The lowest BCUT2D eigenvalue weighted by molar-refractivity contribution is -0.147. The maximum Gasteiger partial charge on any atom is 0.319 e. The zero-order valence-corrected chi connectivity index (χ0v) is 17.0. The first-order chi connectivity index (χ1) is 14.1. The van der Waals surface area contributed by atoms with Crippen molar-refractivity contribution in [2.75, 3.05) is 18.6 Å². The first-order valence-corrected chi connectivity index (χ1v) is 10.7. The van der Waals surface area contributed by atoms with Crippen molar-refractivity contribution in [1.82, 2.24) is 10.6 Å². The molecule has 0 saturated carbocycles. The molecule has 1 saturated heterocycles. The summed E-state index contributed by atoms with van der Waals surface area (Å²) in [5.41, 5.74) is 2.12. The molecule has 1 fully saturated rings. The lowest BCUT2D eigenvalue weighted by Gasteiger charge is -2.33. The van der Waals surface area contributed by atoms with Crippen LogP contribution in [0, 0.1) is 5.92 Å². The van der Waals surface area contributed by atoms with Gasteiger partial charge in [0.25, 0.3) is 0 Å². The van der Waals surface area contributed by atoms with Crippen molar-refractivity contribution in [2.24, 2.45) is 5.92 Å². The molecule has 0 radical (unpaired) electrons. The fraction of sp³-hybridized carbons (Fsp3) is 0.273. The molecule has 3 rings (SSSR count). The molecule has 2 N–H and O–H groups in total. The van der Waals surface area contributed by atoms with Gasteiger partial charge in [-0.3, -0.25) is 4.79 Å². The van der Waals surface area contributed by atoms with Crippen LogP contribution in [0.2, 0.25) is 0 Å². The van der Waals surface area contributed by atoms with Gasteiger partial charge < -0.3 is 20.1 Å². The Morgan fingerprint density at radius 1 is 1.17 bits per heavy atom. The Bertz CT molecular complexity index is 872. The minimum atomic E-state index is -0.723. The Labute approximate surface area is 174 Å². The summed E-state index contributed by atoms with van der Waals surface area (Å²) < 4.78 is 11.3. The van der Waals surface area contributed by atoms with E-state index in [9.17, 15) is 9.59 Å². The van der Waals surface area contributed by atoms with Gasteiger partial charge in [-0.2, -0.15) is 11.8 Å². The monoisotopic (exact) mass is 412 g/mol. The van der Waals surface area contributed by atoms with Gasteiger partial charge in [-0.15, -0.1) is 0 Å². The molecule has 0 unspecified atom stereocenters. The molecule has 0 aliphatic carbocycles. The standard InChI is InChI=1S/C22H24N2O4S/c1-15-19(21(25)27-11-12-29-2)20(24-22(26)23-15)17-9-6-10-18(13-17)28-14-16-7-4-3-5-8-16/h3-10,13,19-20H,1,11-12,14H2,2H3,(H2,23,24,26)/t19-,20+/m1/s1. The number of hydrogen-bond acceptors (Lipinski definition) is 5. The quantitative estimate of drug-likeness (QED) is 0.511. The summed E-state index contributed by atoms with van der Waals surface area (Å²) in [5.74, 6) is 0.216. The summed E-state index contributed by atoms with van der Waals surface area (Å²) in [7, 11) is 0. The van der Waals surface area contributed by atoms with Gasteiger partial charge in [0.1, 0.15) is 24.9 Å². The second-order valence-corrected chi connectivity index (χ2v) is 7.57. The minimum Gasteiger partial charge on any atom is -0.489 e. The Morgan fingerprint density at radius 3 is 2.72 bits per heavy atom. The highest BCUT2D eigenvalue weighted by Crippen LogP contribution is 2.32. The third-order valence-corrected chi connectivity index (χ3v) is 5.10. The van der Waals surface area contributed by atoms with Crippen LogP contribution in [0.5, 0.6) is 5.75 Å². The van der Waals surface area contributed by atoms with Crippen LogP contribution in [0.25, 0.3) is 0 Å². The van der Waals surface area contributed by atoms with Gasteiger partial charge in [-0.1, -0.05) is 49.0 Å². The average Bonchev–Trinajstić information content (AvgIpc) is 2.73. The number of urea groups is 1. The van der Waals surface area contributed by atoms with Crippen molar-refractivity contribution in [3.63, 3.8) is 0 Å². The van der Waals surface area contributed by atoms with Crippen LogP contribution in [-0.4, -0.2) is 30.6 Å². The highest BCUT2D eigenvalue weighted by molar-refractivity contribution is 7.98. The van der Waals surface area contributed by atoms with E-state index < -0.39 is 24.0 Å². The van der Waals surface area contributed by atoms with Crippen LogP contribution in [0.3, 0.4) is 0 Å². The van der Waals surface area contributed by atoms with Gasteiger partial charge in [-0.25, -0.2) is 4.79 Å². The molecule has 7 heteroatoms. The third kappa shape index (κ3) is 5.54. The smallest absolute Gasteiger partial charge is 0.319 e. The lowest BCUT2D eigenvalue weighted by Crippen LogP contribution is -2.51. The SMILES string of the molecule is C=C1NC(=O)N[C@@H](c2cccc(OCc3ccccc3)c2)[C@@H]1C(=O)OCCSC. The summed E-state index contributed by atoms with van der Waals surface area (Å²) in [6.45, 7) is 4.60. The Balaban J connectivity index is 1.77. The first kappa shape index (κ1) is 20.8. The zero-order chi connectivity index (χ0) is 20.6. The summed E-state index contributed by atoms with van der Waals surface area (Å²) in [5, 5.41) is 5.39. The number of rotatable bonds is 8. The highest BCUT2D eigenvalue weighted by atomic mass is 32.2. The molecule has 152 valence electrons. The van der Waals surface area contributed by atoms with E-state index >= 15 is 0 Å². The normalized spacial score (nSPS) is 18.5. The van der Waals surface area contributed by atoms with Crippen molar-refractivity contribution < 1.29 is 19.1 Å². The molecule has 0 spiro atoms. The molecule has 2 amide bonds. The largest absolute Gasteiger partial charge is 0.489 e. The van der Waals surface area contributed by atoms with Crippen LogP contribution in [0.4, 0.5) is 4.79 Å². The number of esters is 1. The Kier molecular flexibility index (Phi) is 7.19. The van der Waals surface area contributed by atoms with E-state index in [2.05, 4.69) is 17.2 Å². The summed E-state index contributed by atoms with van der Waals surface area (Å²) in [6.07, 6.45) is 1.94. The maximum absolute atomic E-state index is 12.7. The average molecular weight is 413 g/mol. The Hall–Kier alpha value is -2.93. The van der Waals surface area contributed by atoms with E-state index in [1.807, 2.05) is 60.9 Å². The number of hydrogen-bond donors (Lipinski definition) is 2. The second-order valence-electron chi connectivity index (χ2n) is 6.59. The van der Waals surface area contributed by atoms with Gasteiger partial charge >= 0.3 is 12.0 Å². The van der Waals surface area contributed by atoms with E-state index in [0.29, 0.717) is 30.4 Å². The highest BCUT2D eigenvalue weighted by Gasteiger charge is 2.39. The van der Waals surface area contributed by atoms with E-state index in [4.69, 9.17) is 9.47 Å². The summed E-state index contributed by atoms with van der Waals surface area (Å²) in [4.78, 5) is 24.7. The molecular weight excluding hydrogens is 388 g/mol. The van der Waals surface area contributed by atoms with Crippen LogP contribution in [0.15, 0.2) is 66.9 Å². The predicted molar refractivity (Wildman–Crippen MR) is 114 cm³/mol. The molecule has 2 aromatic carbocycles. The van der Waals surface area contributed by atoms with Crippen LogP contribution in [-0.2, 0) is 16.1 Å². The Morgan fingerprint density at radius 2 is 1.97 bits per heavy atom. The van der Waals surface area contributed by atoms with Gasteiger partial charge in [0.2, 0.25) is 0 Å². The van der Waals surface area contributed by atoms with Crippen molar-refractivity contribution in [1.29, 1.82) is 0 Å². The number of thioether (sulfide) groups is 1. The van der Waals surface area contributed by atoms with Gasteiger partial charge in [0.05, 0.1) is 6.04 Å². The molecule has 2 aromatic rings. The number of ether oxygens (including phenoxy) is 2. The number of nitrogens with one attached hydrogen (secondary N) is 2. The van der Waals surface area contributed by atoms with Crippen LogP contribution >= 0.6 is 11.8 Å². The van der Waals surface area contributed by atoms with Crippen molar-refractivity contribution in [3.05, 3.63) is 78.0 Å². The molecule has 2 atom stereocenters. The predicted octanol–water partition coefficient (Wildman–Crippen LogP) is 3.66. The van der Waals surface area contributed by atoms with E-state index in [1.54, 1.807) is 11.8 Å². The third-order valence-electron chi connectivity index (χ3n) is 4.52. The van der Waals surface area contributed by atoms with Crippen molar-refractivity contribution in [3.8, 4) is 5.75 Å². The second kappa shape index (κ2) is 10.0. The number of benzene rings is 2. The molecular formula is C22H24N2O4S. The number of amides is 2. The molecule has 1 aliphatic rings. The number of carbonyl (C=O) groups is 2. The molecule has 6 nitrogen and oxygen atoms in total. The van der Waals surface area contributed by atoms with E-state index in [-0.39, 0.29) is 0 Å². The van der Waals surface area contributed by atoms with E-state index in [0.717, 1.165) is 11.1 Å². The summed E-state index contributed by atoms with van der Waals surface area (Å²) >= 11 is 1.59. The molecule has 1 aliphatic heterocycles. The van der Waals surface area contributed by atoms with E-state index in [1.165, 1.54) is 0 Å². The fourth-order valence-corrected chi connectivity index (χ4v) is 3.34. The van der Waals surface area contributed by atoms with Gasteiger partial charge in [0, 0.05) is 11.4 Å². The zero-order valence-electron chi connectivity index (χ0n) is 16.2. The van der Waals surface area contributed by atoms with Crippen LogP contribution in [0.1, 0.15) is 17.2 Å². The molecule has 0 bridgehead atoms. The summed E-state index contributed by atoms with van der Waals surface area (Å²) in [6, 6.07) is 16.2. The topological polar surface area (TPSA) is 76.7 Å². The molecule has 0 aromatic heterocycles. The van der Waals surface area contributed by atoms with Crippen molar-refractivity contribution >= 4 is 23.8 Å². The van der Waals surface area contributed by atoms with Gasteiger partial charge in [0.15, 0.2) is 0 Å². The fourth-order valence-electron chi connectivity index (χ4n) is 3.09. The van der Waals surface area contributed by atoms with Crippen molar-refractivity contribution in [2.45, 2.75) is 12.6 Å². The van der Waals surface area contributed by atoms with Crippen LogP contribution < -0.4 is 15.4 Å². The first-order valence-electron chi connectivity index (χ1n) is 9.27. The lowest BCUT2D eigenvalue weighted by atomic mass is 9.89. The molecule has 29 heavy (non-hydrogen) atoms. The van der Waals surface area contributed by atoms with Gasteiger partial charge in [-0.05, 0) is 29.5 Å². The minimum absolute atomic E-state index is 0.310.